The quantitative estimate of drug-likeness (QED) is 0.151. The monoisotopic (exact) mass is 606 g/mol. The van der Waals surface area contributed by atoms with Gasteiger partial charge in [0.25, 0.3) is 11.6 Å². The predicted octanol–water partition coefficient (Wildman–Crippen LogP) is 5.83. The lowest BCUT2D eigenvalue weighted by Gasteiger charge is -2.37. The molecule has 1 aliphatic rings. The van der Waals surface area contributed by atoms with Gasteiger partial charge in [-0.05, 0) is 53.8 Å². The highest BCUT2D eigenvalue weighted by molar-refractivity contribution is 5.96. The van der Waals surface area contributed by atoms with E-state index in [0.717, 1.165) is 24.0 Å². The first-order valence-electron chi connectivity index (χ1n) is 14.6. The van der Waals surface area contributed by atoms with Crippen molar-refractivity contribution in [2.45, 2.75) is 31.9 Å². The third-order valence-corrected chi connectivity index (χ3v) is 7.57. The Morgan fingerprint density at radius 2 is 1.58 bits per heavy atom. The van der Waals surface area contributed by atoms with E-state index in [1.54, 1.807) is 29.3 Å². The van der Waals surface area contributed by atoms with Crippen LogP contribution in [-0.2, 0) is 29.1 Å². The zero-order chi connectivity index (χ0) is 31.6. The van der Waals surface area contributed by atoms with Crippen molar-refractivity contribution in [2.75, 3.05) is 18.6 Å². The summed E-state index contributed by atoms with van der Waals surface area (Å²) in [4.78, 5) is 47.1. The molecule has 10 heteroatoms. The fourth-order valence-electron chi connectivity index (χ4n) is 5.19. The van der Waals surface area contributed by atoms with Crippen molar-refractivity contribution in [3.8, 4) is 5.75 Å². The van der Waals surface area contributed by atoms with Crippen LogP contribution in [0.5, 0.6) is 5.75 Å². The second kappa shape index (κ2) is 14.8. The van der Waals surface area contributed by atoms with E-state index in [1.165, 1.54) is 23.8 Å². The number of amides is 2. The number of nitrogens with zero attached hydrogens (tertiary/aromatic N) is 3. The van der Waals surface area contributed by atoms with Gasteiger partial charge in [-0.2, -0.15) is 0 Å². The highest BCUT2D eigenvalue weighted by Crippen LogP contribution is 2.34. The van der Waals surface area contributed by atoms with Crippen LogP contribution in [-0.4, -0.2) is 41.3 Å². The van der Waals surface area contributed by atoms with E-state index in [2.05, 4.69) is 17.6 Å². The number of hydrogen-bond acceptors (Lipinski definition) is 7. The van der Waals surface area contributed by atoms with Gasteiger partial charge in [0.15, 0.2) is 0 Å². The van der Waals surface area contributed by atoms with E-state index in [4.69, 9.17) is 9.57 Å². The predicted molar refractivity (Wildman–Crippen MR) is 170 cm³/mol. The van der Waals surface area contributed by atoms with Gasteiger partial charge in [0.05, 0.1) is 18.6 Å². The van der Waals surface area contributed by atoms with Crippen molar-refractivity contribution < 1.29 is 24.1 Å². The molecular formula is C35H34N4O6. The van der Waals surface area contributed by atoms with Crippen molar-refractivity contribution in [2.24, 2.45) is 0 Å². The molecule has 0 saturated carbocycles. The number of methoxy groups -OCH3 is 1. The molecule has 10 nitrogen and oxygen atoms in total. The Balaban J connectivity index is 1.37. The number of hydrogen-bond donors (Lipinski definition) is 1. The molecule has 1 N–H and O–H groups in total. The average molecular weight is 607 g/mol. The smallest absolute Gasteiger partial charge is 0.293 e. The van der Waals surface area contributed by atoms with Crippen LogP contribution in [0.2, 0.25) is 0 Å². The maximum atomic E-state index is 13.9. The first-order chi connectivity index (χ1) is 21.9. The Bertz CT molecular complexity index is 1640. The third kappa shape index (κ3) is 7.92. The molecule has 1 heterocycles. The number of benzene rings is 4. The fourth-order valence-corrected chi connectivity index (χ4v) is 5.19. The van der Waals surface area contributed by atoms with E-state index in [-0.39, 0.29) is 29.5 Å². The molecule has 1 aliphatic heterocycles. The molecule has 4 aromatic carbocycles. The summed E-state index contributed by atoms with van der Waals surface area (Å²) in [5.74, 6) is -0.109. The van der Waals surface area contributed by atoms with Gasteiger partial charge >= 0.3 is 0 Å². The molecular weight excluding hydrogens is 572 g/mol. The zero-order valence-corrected chi connectivity index (χ0v) is 24.9. The van der Waals surface area contributed by atoms with Crippen molar-refractivity contribution in [3.63, 3.8) is 0 Å². The lowest BCUT2D eigenvalue weighted by atomic mass is 10.00. The number of hydroxylamine groups is 1. The Morgan fingerprint density at radius 3 is 2.24 bits per heavy atom. The maximum Gasteiger partial charge on any atom is 0.293 e. The minimum Gasteiger partial charge on any atom is -0.497 e. The summed E-state index contributed by atoms with van der Waals surface area (Å²) in [6, 6.07) is 30.2. The van der Waals surface area contributed by atoms with E-state index < -0.39 is 16.9 Å². The molecule has 0 spiro atoms. The maximum absolute atomic E-state index is 13.9. The molecule has 0 bridgehead atoms. The minimum atomic E-state index is -0.757. The molecule has 1 atom stereocenters. The van der Waals surface area contributed by atoms with Crippen LogP contribution in [0.4, 0.5) is 11.4 Å². The van der Waals surface area contributed by atoms with Crippen LogP contribution in [0.15, 0.2) is 116 Å². The van der Waals surface area contributed by atoms with Crippen molar-refractivity contribution in [1.29, 1.82) is 0 Å². The summed E-state index contributed by atoms with van der Waals surface area (Å²) >= 11 is 0. The summed E-state index contributed by atoms with van der Waals surface area (Å²) < 4.78 is 5.27. The fraction of sp³-hybridized carbons (Fsp3) is 0.200. The van der Waals surface area contributed by atoms with Gasteiger partial charge in [-0.15, -0.1) is 0 Å². The van der Waals surface area contributed by atoms with Gasteiger partial charge in [-0.3, -0.25) is 24.5 Å². The SMILES string of the molecule is COc1ccc(C[C@H]2C(=O)N(CCCc3ccccc3)C=CN2c2ccc(C(=O)NOCc3ccccc3)cc2[N+](=O)[O-])cc1. The lowest BCUT2D eigenvalue weighted by Crippen LogP contribution is -2.50. The molecule has 0 radical (unpaired) electrons. The van der Waals surface area contributed by atoms with Crippen LogP contribution >= 0.6 is 0 Å². The molecule has 230 valence electrons. The summed E-state index contributed by atoms with van der Waals surface area (Å²) in [6.45, 7) is 0.643. The van der Waals surface area contributed by atoms with Crippen molar-refractivity contribution in [1.82, 2.24) is 10.4 Å². The van der Waals surface area contributed by atoms with Crippen molar-refractivity contribution in [3.05, 3.63) is 148 Å². The molecule has 0 saturated heterocycles. The van der Waals surface area contributed by atoms with Crippen LogP contribution in [0.25, 0.3) is 0 Å². The molecule has 4 aromatic rings. The minimum absolute atomic E-state index is 0.0556. The lowest BCUT2D eigenvalue weighted by molar-refractivity contribution is -0.384. The van der Waals surface area contributed by atoms with Crippen molar-refractivity contribution >= 4 is 23.2 Å². The second-order valence-corrected chi connectivity index (χ2v) is 10.6. The van der Waals surface area contributed by atoms with Gasteiger partial charge in [0, 0.05) is 37.0 Å². The number of carbonyl (C=O) groups is 2. The normalized spacial score (nSPS) is 14.3. The standard InChI is InChI=1S/C35H34N4O6/c1-44-30-17-14-27(15-18-30)23-33-35(41)37(20-8-13-26-9-4-2-5-10-26)21-22-38(33)31-19-16-29(24-32(31)39(42)43)34(40)36-45-25-28-11-6-3-7-12-28/h2-7,9-12,14-19,21-22,24,33H,8,13,20,23,25H2,1H3,(H,36,40)/t33-/m0/s1. The summed E-state index contributed by atoms with van der Waals surface area (Å²) in [5, 5.41) is 12.3. The van der Waals surface area contributed by atoms with Crippen LogP contribution in [0, 0.1) is 10.1 Å². The zero-order valence-electron chi connectivity index (χ0n) is 24.9. The number of nitrogens with one attached hydrogen (secondary N) is 1. The summed E-state index contributed by atoms with van der Waals surface area (Å²) in [7, 11) is 1.58. The number of aryl methyl sites for hydroxylation is 1. The highest BCUT2D eigenvalue weighted by Gasteiger charge is 2.35. The Labute approximate surface area is 261 Å². The molecule has 0 aromatic heterocycles. The number of ether oxygens (including phenoxy) is 1. The first kappa shape index (κ1) is 31.0. The highest BCUT2D eigenvalue weighted by atomic mass is 16.7. The average Bonchev–Trinajstić information content (AvgIpc) is 3.07. The number of anilines is 1. The molecule has 0 fully saturated rings. The molecule has 5 rings (SSSR count). The van der Waals surface area contributed by atoms with Gasteiger partial charge < -0.3 is 14.5 Å². The summed E-state index contributed by atoms with van der Waals surface area (Å²) in [5.41, 5.74) is 5.22. The van der Waals surface area contributed by atoms with Gasteiger partial charge in [0.1, 0.15) is 17.5 Å². The van der Waals surface area contributed by atoms with E-state index >= 15 is 0 Å². The number of rotatable bonds is 13. The Hall–Kier alpha value is -5.48. The van der Waals surface area contributed by atoms with Crippen LogP contribution < -0.4 is 15.1 Å². The molecule has 2 amide bonds. The number of carbonyl (C=O) groups excluding carboxylic acids is 2. The summed E-state index contributed by atoms with van der Waals surface area (Å²) in [6.07, 6.45) is 5.23. The first-order valence-corrected chi connectivity index (χ1v) is 14.6. The van der Waals surface area contributed by atoms with Gasteiger partial charge in [-0.25, -0.2) is 5.48 Å². The molecule has 0 unspecified atom stereocenters. The Kier molecular flexibility index (Phi) is 10.2. The van der Waals surface area contributed by atoms with E-state index in [9.17, 15) is 19.7 Å². The molecule has 45 heavy (non-hydrogen) atoms. The topological polar surface area (TPSA) is 114 Å². The van der Waals surface area contributed by atoms with E-state index in [0.29, 0.717) is 18.7 Å². The number of nitro groups is 1. The second-order valence-electron chi connectivity index (χ2n) is 10.6. The van der Waals surface area contributed by atoms with Crippen LogP contribution in [0.1, 0.15) is 33.5 Å². The van der Waals surface area contributed by atoms with Crippen LogP contribution in [0.3, 0.4) is 0 Å². The Morgan fingerprint density at radius 1 is 0.889 bits per heavy atom. The number of nitro benzene ring substituents is 1. The third-order valence-electron chi connectivity index (χ3n) is 7.57. The molecule has 0 aliphatic carbocycles. The van der Waals surface area contributed by atoms with E-state index in [1.807, 2.05) is 72.8 Å². The van der Waals surface area contributed by atoms with Gasteiger partial charge in [0.2, 0.25) is 5.91 Å². The van der Waals surface area contributed by atoms with Gasteiger partial charge in [-0.1, -0.05) is 72.8 Å². The largest absolute Gasteiger partial charge is 0.497 e.